The van der Waals surface area contributed by atoms with Crippen LogP contribution in [-0.2, 0) is 13.0 Å². The van der Waals surface area contributed by atoms with E-state index in [1.807, 2.05) is 6.07 Å². The van der Waals surface area contributed by atoms with Crippen LogP contribution in [0, 0.1) is 0 Å². The normalized spacial score (nSPS) is 15.2. The topological polar surface area (TPSA) is 56.9 Å². The first-order chi connectivity index (χ1) is 13.8. The molecular weight excluding hydrogens is 477 g/mol. The number of guanidine groups is 1. The third-order valence-corrected chi connectivity index (χ3v) is 5.11. The molecule has 0 unspecified atom stereocenters. The van der Waals surface area contributed by atoms with Crippen molar-refractivity contribution in [1.29, 1.82) is 0 Å². The number of unbranched alkanes of at least 4 members (excludes halogenated alkanes) is 2. The molecule has 1 aromatic heterocycles. The summed E-state index contributed by atoms with van der Waals surface area (Å²) in [5.41, 5.74) is 2.44. The molecule has 1 aromatic carbocycles. The molecule has 2 aromatic rings. The Kier molecular flexibility index (Phi) is 11.1. The van der Waals surface area contributed by atoms with Gasteiger partial charge in [0.1, 0.15) is 6.26 Å². The molecule has 0 atom stereocenters. The summed E-state index contributed by atoms with van der Waals surface area (Å²) in [6.07, 6.45) is 6.41. The molecule has 29 heavy (non-hydrogen) atoms. The van der Waals surface area contributed by atoms with Gasteiger partial charge in [-0.05, 0) is 31.7 Å². The van der Waals surface area contributed by atoms with Crippen LogP contribution in [0.5, 0.6) is 0 Å². The van der Waals surface area contributed by atoms with Crippen LogP contribution in [0.15, 0.2) is 52.2 Å². The predicted octanol–water partition coefficient (Wildman–Crippen LogP) is 3.79. The van der Waals surface area contributed by atoms with Crippen LogP contribution in [0.1, 0.15) is 37.4 Å². The smallest absolute Gasteiger partial charge is 0.194 e. The molecule has 0 saturated carbocycles. The fourth-order valence-corrected chi connectivity index (χ4v) is 3.54. The molecule has 0 spiro atoms. The van der Waals surface area contributed by atoms with Crippen molar-refractivity contribution in [1.82, 2.24) is 20.3 Å². The van der Waals surface area contributed by atoms with Crippen LogP contribution in [0.25, 0.3) is 0 Å². The van der Waals surface area contributed by atoms with E-state index in [1.54, 1.807) is 6.26 Å². The van der Waals surface area contributed by atoms with Crippen LogP contribution >= 0.6 is 24.0 Å². The number of nitrogens with zero attached hydrogens (tertiary/aromatic N) is 4. The molecule has 1 saturated heterocycles. The van der Waals surface area contributed by atoms with Crippen molar-refractivity contribution in [3.63, 3.8) is 0 Å². The molecule has 0 radical (unpaired) electrons. The molecule has 6 nitrogen and oxygen atoms in total. The fourth-order valence-electron chi connectivity index (χ4n) is 3.54. The van der Waals surface area contributed by atoms with Crippen molar-refractivity contribution in [3.05, 3.63) is 53.9 Å². The van der Waals surface area contributed by atoms with Gasteiger partial charge in [0, 0.05) is 51.9 Å². The van der Waals surface area contributed by atoms with Crippen LogP contribution in [-0.4, -0.2) is 60.2 Å². The molecule has 7 heteroatoms. The third-order valence-electron chi connectivity index (χ3n) is 5.11. The molecule has 3 rings (SSSR count). The van der Waals surface area contributed by atoms with Gasteiger partial charge in [0.2, 0.25) is 0 Å². The minimum atomic E-state index is 0. The number of aromatic nitrogens is 1. The van der Waals surface area contributed by atoms with Crippen LogP contribution in [0.4, 0.5) is 0 Å². The maximum absolute atomic E-state index is 4.93. The zero-order chi connectivity index (χ0) is 19.4. The van der Waals surface area contributed by atoms with Gasteiger partial charge in [-0.3, -0.25) is 9.89 Å². The number of halogens is 1. The first-order valence-corrected chi connectivity index (χ1v) is 10.5. The van der Waals surface area contributed by atoms with Crippen molar-refractivity contribution in [2.75, 3.05) is 39.3 Å². The van der Waals surface area contributed by atoms with Crippen molar-refractivity contribution in [2.45, 2.75) is 39.2 Å². The highest BCUT2D eigenvalue weighted by atomic mass is 127. The van der Waals surface area contributed by atoms with E-state index in [0.29, 0.717) is 0 Å². The van der Waals surface area contributed by atoms with E-state index in [-0.39, 0.29) is 24.0 Å². The third kappa shape index (κ3) is 8.34. The Hall–Kier alpha value is -1.61. The summed E-state index contributed by atoms with van der Waals surface area (Å²) >= 11 is 0. The molecule has 0 aliphatic carbocycles. The van der Waals surface area contributed by atoms with E-state index in [2.05, 4.69) is 57.5 Å². The minimum absolute atomic E-state index is 0. The lowest BCUT2D eigenvalue weighted by Gasteiger charge is -2.36. The second kappa shape index (κ2) is 13.6. The van der Waals surface area contributed by atoms with E-state index < -0.39 is 0 Å². The van der Waals surface area contributed by atoms with Gasteiger partial charge >= 0.3 is 0 Å². The number of hydrogen-bond donors (Lipinski definition) is 1. The quantitative estimate of drug-likeness (QED) is 0.240. The molecule has 1 aliphatic heterocycles. The van der Waals surface area contributed by atoms with Gasteiger partial charge in [-0.2, -0.15) is 0 Å². The van der Waals surface area contributed by atoms with Crippen molar-refractivity contribution >= 4 is 29.9 Å². The van der Waals surface area contributed by atoms with Gasteiger partial charge in [-0.15, -0.1) is 24.0 Å². The molecular formula is C22H34IN5O. The Morgan fingerprint density at radius 3 is 2.55 bits per heavy atom. The maximum atomic E-state index is 4.93. The van der Waals surface area contributed by atoms with E-state index in [4.69, 9.17) is 9.52 Å². The molecule has 1 aliphatic rings. The monoisotopic (exact) mass is 511 g/mol. The number of rotatable bonds is 9. The Morgan fingerprint density at radius 1 is 1.07 bits per heavy atom. The van der Waals surface area contributed by atoms with Gasteiger partial charge in [0.15, 0.2) is 5.96 Å². The number of aryl methyl sites for hydroxylation is 1. The van der Waals surface area contributed by atoms with Gasteiger partial charge in [-0.1, -0.05) is 41.9 Å². The van der Waals surface area contributed by atoms with Crippen molar-refractivity contribution < 1.29 is 4.52 Å². The summed E-state index contributed by atoms with van der Waals surface area (Å²) in [4.78, 5) is 9.67. The highest BCUT2D eigenvalue weighted by Gasteiger charge is 2.20. The van der Waals surface area contributed by atoms with Crippen LogP contribution in [0.2, 0.25) is 0 Å². The molecule has 0 amide bonds. The van der Waals surface area contributed by atoms with E-state index in [0.717, 1.165) is 70.3 Å². The van der Waals surface area contributed by atoms with E-state index in [9.17, 15) is 0 Å². The molecule has 160 valence electrons. The minimum Gasteiger partial charge on any atom is -0.364 e. The lowest BCUT2D eigenvalue weighted by Crippen LogP contribution is -2.52. The largest absolute Gasteiger partial charge is 0.364 e. The summed E-state index contributed by atoms with van der Waals surface area (Å²) in [5, 5.41) is 7.47. The molecule has 1 fully saturated rings. The summed E-state index contributed by atoms with van der Waals surface area (Å²) in [6, 6.07) is 12.7. The zero-order valence-electron chi connectivity index (χ0n) is 17.4. The van der Waals surface area contributed by atoms with E-state index >= 15 is 0 Å². The van der Waals surface area contributed by atoms with Crippen molar-refractivity contribution in [3.8, 4) is 0 Å². The zero-order valence-corrected chi connectivity index (χ0v) is 19.8. The van der Waals surface area contributed by atoms with Gasteiger partial charge in [0.25, 0.3) is 0 Å². The van der Waals surface area contributed by atoms with Gasteiger partial charge in [-0.25, -0.2) is 0 Å². The number of hydrogen-bond acceptors (Lipinski definition) is 4. The van der Waals surface area contributed by atoms with Crippen LogP contribution < -0.4 is 5.32 Å². The standard InChI is InChI=1S/C22H33N5O.HI/c1-2-23-22(24-13-8-4-7-11-20-9-5-3-6-10-20)27-16-14-26(15-17-27)19-21-12-18-28-25-21;/h3,5-6,9-10,12,18H,2,4,7-8,11,13-17,19H2,1H3,(H,23,24);1H. The molecule has 0 bridgehead atoms. The Bertz CT molecular complexity index is 684. The SMILES string of the molecule is CCNC(=NCCCCCc1ccccc1)N1CCN(Cc2ccon2)CC1.I. The number of piperazine rings is 1. The summed E-state index contributed by atoms with van der Waals surface area (Å²) in [7, 11) is 0. The Labute approximate surface area is 191 Å². The first kappa shape index (κ1) is 23.7. The predicted molar refractivity (Wildman–Crippen MR) is 129 cm³/mol. The summed E-state index contributed by atoms with van der Waals surface area (Å²) < 4.78 is 4.93. The first-order valence-electron chi connectivity index (χ1n) is 10.5. The fraction of sp³-hybridized carbons (Fsp3) is 0.545. The summed E-state index contributed by atoms with van der Waals surface area (Å²) in [6.45, 7) is 8.84. The number of benzene rings is 1. The van der Waals surface area contributed by atoms with Crippen molar-refractivity contribution in [2.24, 2.45) is 4.99 Å². The summed E-state index contributed by atoms with van der Waals surface area (Å²) in [5.74, 6) is 1.06. The number of aliphatic imine (C=N–C) groups is 1. The average molecular weight is 511 g/mol. The second-order valence-corrected chi connectivity index (χ2v) is 7.29. The Morgan fingerprint density at radius 2 is 1.86 bits per heavy atom. The maximum Gasteiger partial charge on any atom is 0.194 e. The number of nitrogens with one attached hydrogen (secondary N) is 1. The molecule has 2 heterocycles. The highest BCUT2D eigenvalue weighted by Crippen LogP contribution is 2.09. The second-order valence-electron chi connectivity index (χ2n) is 7.29. The van der Waals surface area contributed by atoms with Gasteiger partial charge in [0.05, 0.1) is 5.69 Å². The lowest BCUT2D eigenvalue weighted by atomic mass is 10.1. The van der Waals surface area contributed by atoms with Crippen LogP contribution in [0.3, 0.4) is 0 Å². The Balaban J connectivity index is 0.00000300. The highest BCUT2D eigenvalue weighted by molar-refractivity contribution is 14.0. The van der Waals surface area contributed by atoms with E-state index in [1.165, 1.54) is 18.4 Å². The molecule has 1 N–H and O–H groups in total. The van der Waals surface area contributed by atoms with Gasteiger partial charge < -0.3 is 14.7 Å². The average Bonchev–Trinajstić information content (AvgIpc) is 3.24. The lowest BCUT2D eigenvalue weighted by molar-refractivity contribution is 0.169.